The number of carbonyl (C=O) groups excluding carboxylic acids is 2. The lowest BCUT2D eigenvalue weighted by Crippen LogP contribution is -2.35. The lowest BCUT2D eigenvalue weighted by atomic mass is 10.2. The fourth-order valence-electron chi connectivity index (χ4n) is 2.48. The Bertz CT molecular complexity index is 723. The summed E-state index contributed by atoms with van der Waals surface area (Å²) in [5.74, 6) is -0.363. The average Bonchev–Trinajstić information content (AvgIpc) is 3.25. The second-order valence-corrected chi connectivity index (χ2v) is 7.34. The van der Waals surface area contributed by atoms with Crippen molar-refractivity contribution in [2.45, 2.75) is 32.8 Å². The van der Waals surface area contributed by atoms with E-state index < -0.39 is 0 Å². The first-order valence-corrected chi connectivity index (χ1v) is 9.32. The minimum Gasteiger partial charge on any atom is -0.376 e. The van der Waals surface area contributed by atoms with Crippen molar-refractivity contribution in [2.24, 2.45) is 0 Å². The summed E-state index contributed by atoms with van der Waals surface area (Å²) < 4.78 is 5.61. The zero-order valence-corrected chi connectivity index (χ0v) is 15.1. The van der Waals surface area contributed by atoms with Gasteiger partial charge in [-0.25, -0.2) is 9.97 Å². The molecule has 2 amide bonds. The number of hydrogen-bond acceptors (Lipinski definition) is 7. The molecule has 2 aromatic heterocycles. The third kappa shape index (κ3) is 3.80. The van der Waals surface area contributed by atoms with E-state index >= 15 is 0 Å². The van der Waals surface area contributed by atoms with Crippen LogP contribution in [0, 0.1) is 6.92 Å². The maximum Gasteiger partial charge on any atom is 0.269 e. The first kappa shape index (κ1) is 17.0. The van der Waals surface area contributed by atoms with Gasteiger partial charge in [0.2, 0.25) is 5.91 Å². The molecular weight excluding hydrogens is 348 g/mol. The third-order valence-corrected chi connectivity index (χ3v) is 5.53. The number of rotatable bonds is 5. The van der Waals surface area contributed by atoms with Crippen molar-refractivity contribution >= 4 is 44.8 Å². The normalized spacial score (nSPS) is 17.0. The number of carbonyl (C=O) groups is 2. The van der Waals surface area contributed by atoms with Gasteiger partial charge in [0.25, 0.3) is 5.91 Å². The van der Waals surface area contributed by atoms with Crippen LogP contribution >= 0.6 is 22.7 Å². The molecule has 0 unspecified atom stereocenters. The van der Waals surface area contributed by atoms with Crippen molar-refractivity contribution < 1.29 is 14.3 Å². The third-order valence-electron chi connectivity index (χ3n) is 3.67. The molecule has 0 aromatic carbocycles. The van der Waals surface area contributed by atoms with Crippen LogP contribution in [0.2, 0.25) is 0 Å². The highest BCUT2D eigenvalue weighted by Gasteiger charge is 2.26. The number of ether oxygens (including phenoxy) is 1. The smallest absolute Gasteiger partial charge is 0.269 e. The van der Waals surface area contributed by atoms with E-state index in [1.54, 1.807) is 23.4 Å². The summed E-state index contributed by atoms with van der Waals surface area (Å²) in [4.78, 5) is 34.9. The highest BCUT2D eigenvalue weighted by atomic mass is 32.1. The maximum absolute atomic E-state index is 12.4. The van der Waals surface area contributed by atoms with E-state index in [0.717, 1.165) is 19.4 Å². The lowest BCUT2D eigenvalue weighted by molar-refractivity contribution is -0.116. The van der Waals surface area contributed by atoms with Gasteiger partial charge >= 0.3 is 0 Å². The maximum atomic E-state index is 12.4. The number of nitrogens with one attached hydrogen (secondary N) is 1. The van der Waals surface area contributed by atoms with Crippen LogP contribution in [0.5, 0.6) is 0 Å². The zero-order chi connectivity index (χ0) is 17.1. The Labute approximate surface area is 147 Å². The van der Waals surface area contributed by atoms with Gasteiger partial charge in [-0.15, -0.1) is 11.3 Å². The molecule has 1 aliphatic heterocycles. The van der Waals surface area contributed by atoms with Gasteiger partial charge in [0.15, 0.2) is 10.3 Å². The molecule has 0 spiro atoms. The molecule has 1 aliphatic rings. The molecular formula is C15H18N4O3S2. The Kier molecular flexibility index (Phi) is 5.22. The van der Waals surface area contributed by atoms with Gasteiger partial charge in [-0.2, -0.15) is 0 Å². The average molecular weight is 366 g/mol. The van der Waals surface area contributed by atoms with Crippen molar-refractivity contribution in [3.05, 3.63) is 22.1 Å². The van der Waals surface area contributed by atoms with Crippen LogP contribution in [0.3, 0.4) is 0 Å². The summed E-state index contributed by atoms with van der Waals surface area (Å²) in [6.07, 6.45) is 3.61. The number of aryl methyl sites for hydroxylation is 1. The predicted molar refractivity (Wildman–Crippen MR) is 93.9 cm³/mol. The van der Waals surface area contributed by atoms with Crippen LogP contribution in [-0.4, -0.2) is 41.0 Å². The van der Waals surface area contributed by atoms with Crippen molar-refractivity contribution in [1.82, 2.24) is 9.97 Å². The molecule has 1 atom stereocenters. The van der Waals surface area contributed by atoms with Gasteiger partial charge < -0.3 is 4.74 Å². The van der Waals surface area contributed by atoms with E-state index in [9.17, 15) is 9.59 Å². The Hall–Kier alpha value is -1.84. The van der Waals surface area contributed by atoms with Crippen LogP contribution in [-0.2, 0) is 9.53 Å². The first-order valence-electron chi connectivity index (χ1n) is 7.62. The van der Waals surface area contributed by atoms with E-state index in [4.69, 9.17) is 4.74 Å². The SMILES string of the molecule is CC(=O)N(C[C@@H]1CCCO1)c1nc(C)c(C(=O)Nc2nccs2)s1. The molecule has 7 nitrogen and oxygen atoms in total. The topological polar surface area (TPSA) is 84.4 Å². The van der Waals surface area contributed by atoms with Crippen LogP contribution in [0.25, 0.3) is 0 Å². The molecule has 0 radical (unpaired) electrons. The number of anilines is 2. The van der Waals surface area contributed by atoms with E-state index in [-0.39, 0.29) is 17.9 Å². The molecule has 2 aromatic rings. The number of nitrogens with zero attached hydrogens (tertiary/aromatic N) is 3. The van der Waals surface area contributed by atoms with Gasteiger partial charge in [-0.05, 0) is 19.8 Å². The van der Waals surface area contributed by atoms with Gasteiger partial charge in [-0.3, -0.25) is 19.8 Å². The largest absolute Gasteiger partial charge is 0.376 e. The zero-order valence-electron chi connectivity index (χ0n) is 13.4. The fourth-order valence-corrected chi connectivity index (χ4v) is 4.02. The van der Waals surface area contributed by atoms with Crippen LogP contribution in [0.1, 0.15) is 35.1 Å². The molecule has 0 bridgehead atoms. The molecule has 128 valence electrons. The Balaban J connectivity index is 1.77. The Morgan fingerprint density at radius 2 is 2.33 bits per heavy atom. The number of thiazole rings is 2. The standard InChI is InChI=1S/C15H18N4O3S2/c1-9-12(13(21)18-14-16-5-7-23-14)24-15(17-9)19(10(2)20)8-11-4-3-6-22-11/h5,7,11H,3-4,6,8H2,1-2H3,(H,16,18,21)/t11-/m0/s1. The molecule has 3 heterocycles. The molecule has 0 saturated carbocycles. The van der Waals surface area contributed by atoms with E-state index in [0.29, 0.717) is 27.4 Å². The van der Waals surface area contributed by atoms with Crippen LogP contribution < -0.4 is 10.2 Å². The second kappa shape index (κ2) is 7.37. The van der Waals surface area contributed by atoms with Crippen LogP contribution in [0.4, 0.5) is 10.3 Å². The molecule has 1 saturated heterocycles. The summed E-state index contributed by atoms with van der Waals surface area (Å²) in [5.41, 5.74) is 0.600. The monoisotopic (exact) mass is 366 g/mol. The summed E-state index contributed by atoms with van der Waals surface area (Å²) in [6.45, 7) is 4.47. The van der Waals surface area contributed by atoms with E-state index in [1.165, 1.54) is 29.6 Å². The van der Waals surface area contributed by atoms with Gasteiger partial charge in [-0.1, -0.05) is 11.3 Å². The summed E-state index contributed by atoms with van der Waals surface area (Å²) >= 11 is 2.56. The van der Waals surface area contributed by atoms with E-state index in [1.807, 2.05) is 0 Å². The predicted octanol–water partition coefficient (Wildman–Crippen LogP) is 2.69. The highest BCUT2D eigenvalue weighted by molar-refractivity contribution is 7.18. The molecule has 0 aliphatic carbocycles. The second-order valence-electron chi connectivity index (χ2n) is 5.47. The lowest BCUT2D eigenvalue weighted by Gasteiger charge is -2.21. The van der Waals surface area contributed by atoms with Crippen molar-refractivity contribution in [2.75, 3.05) is 23.4 Å². The van der Waals surface area contributed by atoms with Gasteiger partial charge in [0.05, 0.1) is 18.3 Å². The number of aromatic nitrogens is 2. The van der Waals surface area contributed by atoms with Crippen molar-refractivity contribution in [3.8, 4) is 0 Å². The molecule has 3 rings (SSSR count). The van der Waals surface area contributed by atoms with Gasteiger partial charge in [0, 0.05) is 25.1 Å². The molecule has 1 N–H and O–H groups in total. The Morgan fingerprint density at radius 1 is 1.50 bits per heavy atom. The summed E-state index contributed by atoms with van der Waals surface area (Å²) in [5, 5.41) is 5.60. The first-order chi connectivity index (χ1) is 11.5. The highest BCUT2D eigenvalue weighted by Crippen LogP contribution is 2.28. The minimum atomic E-state index is -0.258. The molecule has 1 fully saturated rings. The van der Waals surface area contributed by atoms with Crippen molar-refractivity contribution in [3.63, 3.8) is 0 Å². The summed E-state index contributed by atoms with van der Waals surface area (Å²) in [6, 6.07) is 0. The molecule has 24 heavy (non-hydrogen) atoms. The number of amides is 2. The quantitative estimate of drug-likeness (QED) is 0.879. The van der Waals surface area contributed by atoms with Crippen molar-refractivity contribution in [1.29, 1.82) is 0 Å². The minimum absolute atomic E-state index is 0.0331. The summed E-state index contributed by atoms with van der Waals surface area (Å²) in [7, 11) is 0. The van der Waals surface area contributed by atoms with Crippen LogP contribution in [0.15, 0.2) is 11.6 Å². The van der Waals surface area contributed by atoms with Gasteiger partial charge in [0.1, 0.15) is 4.88 Å². The van der Waals surface area contributed by atoms with E-state index in [2.05, 4.69) is 15.3 Å². The Morgan fingerprint density at radius 3 is 2.96 bits per heavy atom. The fraction of sp³-hybridized carbons (Fsp3) is 0.467. The number of hydrogen-bond donors (Lipinski definition) is 1. The molecule has 9 heteroatoms.